The summed E-state index contributed by atoms with van der Waals surface area (Å²) < 4.78 is 10.9. The maximum absolute atomic E-state index is 12.9. The average Bonchev–Trinajstić information content (AvgIpc) is 2.88. The third-order valence-electron chi connectivity index (χ3n) is 5.88. The number of hydrogen-bond acceptors (Lipinski definition) is 4. The number of benzene rings is 3. The number of carbonyl (C=O) groups is 2. The Morgan fingerprint density at radius 1 is 0.812 bits per heavy atom. The first-order valence-corrected chi connectivity index (χ1v) is 10.9. The van der Waals surface area contributed by atoms with Gasteiger partial charge in [0.15, 0.2) is 5.78 Å². The smallest absolute Gasteiger partial charge is 0.253 e. The molecule has 1 aliphatic heterocycles. The van der Waals surface area contributed by atoms with E-state index in [1.807, 2.05) is 71.6 Å². The van der Waals surface area contributed by atoms with Gasteiger partial charge in [0.1, 0.15) is 18.1 Å². The summed E-state index contributed by atoms with van der Waals surface area (Å²) in [6, 6.07) is 24.4. The summed E-state index contributed by atoms with van der Waals surface area (Å²) in [5.41, 5.74) is 2.37. The largest absolute Gasteiger partial charge is 0.497 e. The number of nitrogens with zero attached hydrogens (tertiary/aromatic N) is 1. The third-order valence-corrected chi connectivity index (χ3v) is 5.88. The minimum Gasteiger partial charge on any atom is -0.497 e. The van der Waals surface area contributed by atoms with Gasteiger partial charge in [-0.15, -0.1) is 0 Å². The van der Waals surface area contributed by atoms with Gasteiger partial charge in [0, 0.05) is 30.1 Å². The van der Waals surface area contributed by atoms with Gasteiger partial charge in [-0.3, -0.25) is 9.59 Å². The van der Waals surface area contributed by atoms with Crippen LogP contribution in [0.15, 0.2) is 78.9 Å². The van der Waals surface area contributed by atoms with Crippen molar-refractivity contribution < 1.29 is 19.1 Å². The number of amides is 1. The highest BCUT2D eigenvalue weighted by atomic mass is 16.5. The molecule has 5 heteroatoms. The number of piperidine rings is 1. The molecule has 1 aliphatic rings. The van der Waals surface area contributed by atoms with Crippen molar-refractivity contribution >= 4 is 11.7 Å². The molecule has 1 heterocycles. The summed E-state index contributed by atoms with van der Waals surface area (Å²) in [5.74, 6) is 1.66. The van der Waals surface area contributed by atoms with Gasteiger partial charge in [0.05, 0.1) is 7.11 Å². The molecule has 1 saturated heterocycles. The van der Waals surface area contributed by atoms with Crippen LogP contribution in [-0.4, -0.2) is 36.8 Å². The van der Waals surface area contributed by atoms with Crippen molar-refractivity contribution in [2.45, 2.75) is 19.4 Å². The molecule has 0 aliphatic carbocycles. The normalized spacial score (nSPS) is 14.1. The van der Waals surface area contributed by atoms with Crippen LogP contribution in [0.5, 0.6) is 11.5 Å². The molecular formula is C27H27NO4. The minimum atomic E-state index is -0.0510. The second-order valence-electron chi connectivity index (χ2n) is 7.96. The van der Waals surface area contributed by atoms with E-state index in [2.05, 4.69) is 0 Å². The quantitative estimate of drug-likeness (QED) is 0.496. The molecule has 1 amide bonds. The Labute approximate surface area is 188 Å². The van der Waals surface area contributed by atoms with Crippen LogP contribution in [-0.2, 0) is 6.61 Å². The molecule has 0 spiro atoms. The van der Waals surface area contributed by atoms with Crippen LogP contribution in [0.25, 0.3) is 0 Å². The molecule has 0 saturated carbocycles. The Bertz CT molecular complexity index is 1040. The fourth-order valence-electron chi connectivity index (χ4n) is 3.95. The lowest BCUT2D eigenvalue weighted by Crippen LogP contribution is -2.40. The van der Waals surface area contributed by atoms with E-state index < -0.39 is 0 Å². The van der Waals surface area contributed by atoms with Gasteiger partial charge in [-0.1, -0.05) is 30.3 Å². The number of Topliss-reactive ketones (excluding diaryl/α,β-unsaturated/α-hetero) is 1. The second kappa shape index (κ2) is 10.1. The molecule has 5 nitrogen and oxygen atoms in total. The standard InChI is InChI=1S/C27H27NO4/c1-31-24-13-11-21(12-14-24)26(29)22-15-17-28(18-16-22)27(30)23-9-7-20(8-10-23)19-32-25-5-3-2-4-6-25/h2-14,22H,15-19H2,1H3. The topological polar surface area (TPSA) is 55.8 Å². The van der Waals surface area contributed by atoms with E-state index >= 15 is 0 Å². The van der Waals surface area contributed by atoms with E-state index in [0.717, 1.165) is 17.1 Å². The zero-order valence-corrected chi connectivity index (χ0v) is 18.2. The summed E-state index contributed by atoms with van der Waals surface area (Å²) in [6.45, 7) is 1.63. The molecule has 1 fully saturated rings. The number of para-hydroxylation sites is 1. The summed E-state index contributed by atoms with van der Waals surface area (Å²) >= 11 is 0. The zero-order valence-electron chi connectivity index (χ0n) is 18.2. The van der Waals surface area contributed by atoms with Gasteiger partial charge in [-0.25, -0.2) is 0 Å². The van der Waals surface area contributed by atoms with Crippen molar-refractivity contribution in [3.63, 3.8) is 0 Å². The molecule has 0 radical (unpaired) electrons. The average molecular weight is 430 g/mol. The van der Waals surface area contributed by atoms with Gasteiger partial charge >= 0.3 is 0 Å². The van der Waals surface area contributed by atoms with Crippen LogP contribution in [0.3, 0.4) is 0 Å². The maximum atomic E-state index is 12.9. The van der Waals surface area contributed by atoms with Crippen molar-refractivity contribution in [3.8, 4) is 11.5 Å². The first-order valence-electron chi connectivity index (χ1n) is 10.9. The summed E-state index contributed by atoms with van der Waals surface area (Å²) in [5, 5.41) is 0. The fraction of sp³-hybridized carbons (Fsp3) is 0.259. The number of likely N-dealkylation sites (tertiary alicyclic amines) is 1. The van der Waals surface area contributed by atoms with E-state index in [0.29, 0.717) is 43.7 Å². The van der Waals surface area contributed by atoms with Crippen LogP contribution in [0.2, 0.25) is 0 Å². The lowest BCUT2D eigenvalue weighted by molar-refractivity contribution is 0.0650. The summed E-state index contributed by atoms with van der Waals surface area (Å²) in [4.78, 5) is 27.5. The fourth-order valence-corrected chi connectivity index (χ4v) is 3.95. The number of ether oxygens (including phenoxy) is 2. The first kappa shape index (κ1) is 21.6. The Morgan fingerprint density at radius 2 is 1.44 bits per heavy atom. The number of carbonyl (C=O) groups excluding carboxylic acids is 2. The predicted octanol–water partition coefficient (Wildman–Crippen LogP) is 5.01. The highest BCUT2D eigenvalue weighted by Crippen LogP contribution is 2.24. The maximum Gasteiger partial charge on any atom is 0.253 e. The molecule has 32 heavy (non-hydrogen) atoms. The zero-order chi connectivity index (χ0) is 22.3. The molecule has 0 bridgehead atoms. The van der Waals surface area contributed by atoms with Gasteiger partial charge in [0.25, 0.3) is 5.91 Å². The van der Waals surface area contributed by atoms with Crippen molar-refractivity contribution in [3.05, 3.63) is 95.6 Å². The van der Waals surface area contributed by atoms with Crippen LogP contribution in [0.1, 0.15) is 39.1 Å². The van der Waals surface area contributed by atoms with Crippen molar-refractivity contribution in [2.75, 3.05) is 20.2 Å². The minimum absolute atomic E-state index is 0.0101. The van der Waals surface area contributed by atoms with Crippen LogP contribution >= 0.6 is 0 Å². The molecule has 164 valence electrons. The molecule has 0 atom stereocenters. The van der Waals surface area contributed by atoms with Crippen molar-refractivity contribution in [1.29, 1.82) is 0 Å². The number of hydrogen-bond donors (Lipinski definition) is 0. The molecular weight excluding hydrogens is 402 g/mol. The monoisotopic (exact) mass is 429 g/mol. The predicted molar refractivity (Wildman–Crippen MR) is 123 cm³/mol. The Kier molecular flexibility index (Phi) is 6.85. The highest BCUT2D eigenvalue weighted by Gasteiger charge is 2.28. The number of ketones is 1. The Morgan fingerprint density at radius 3 is 2.06 bits per heavy atom. The molecule has 3 aromatic rings. The number of rotatable bonds is 7. The molecule has 0 unspecified atom stereocenters. The van der Waals surface area contributed by atoms with Crippen LogP contribution < -0.4 is 9.47 Å². The SMILES string of the molecule is COc1ccc(C(=O)C2CCN(C(=O)c3ccc(COc4ccccc4)cc3)CC2)cc1. The van der Waals surface area contributed by atoms with Gasteiger partial charge in [-0.2, -0.15) is 0 Å². The lowest BCUT2D eigenvalue weighted by Gasteiger charge is -2.31. The first-order chi connectivity index (χ1) is 15.6. The second-order valence-corrected chi connectivity index (χ2v) is 7.96. The van der Waals surface area contributed by atoms with Crippen LogP contribution in [0.4, 0.5) is 0 Å². The van der Waals surface area contributed by atoms with Gasteiger partial charge < -0.3 is 14.4 Å². The molecule has 0 aromatic heterocycles. The molecule has 3 aromatic carbocycles. The van der Waals surface area contributed by atoms with Crippen molar-refractivity contribution in [1.82, 2.24) is 4.90 Å². The number of methoxy groups -OCH3 is 1. The van der Waals surface area contributed by atoms with Crippen molar-refractivity contribution in [2.24, 2.45) is 5.92 Å². The lowest BCUT2D eigenvalue weighted by atomic mass is 9.88. The highest BCUT2D eigenvalue weighted by molar-refractivity contribution is 5.98. The third kappa shape index (κ3) is 5.17. The molecule has 0 N–H and O–H groups in total. The summed E-state index contributed by atoms with van der Waals surface area (Å²) in [7, 11) is 1.61. The Hall–Kier alpha value is -3.60. The van der Waals surface area contributed by atoms with E-state index in [1.54, 1.807) is 19.2 Å². The Balaban J connectivity index is 1.29. The van der Waals surface area contributed by atoms with E-state index in [1.165, 1.54) is 0 Å². The van der Waals surface area contributed by atoms with Gasteiger partial charge in [-0.05, 0) is 66.9 Å². The van der Waals surface area contributed by atoms with E-state index in [4.69, 9.17) is 9.47 Å². The van der Waals surface area contributed by atoms with E-state index in [9.17, 15) is 9.59 Å². The molecule has 4 rings (SSSR count). The summed E-state index contributed by atoms with van der Waals surface area (Å²) in [6.07, 6.45) is 1.36. The van der Waals surface area contributed by atoms with E-state index in [-0.39, 0.29) is 17.6 Å². The van der Waals surface area contributed by atoms with Gasteiger partial charge in [0.2, 0.25) is 0 Å². The van der Waals surface area contributed by atoms with Crippen LogP contribution in [0, 0.1) is 5.92 Å².